The van der Waals surface area contributed by atoms with Crippen LogP contribution in [0, 0.1) is 0 Å². The largest absolute Gasteiger partial charge is 0.493 e. The number of fused-ring (bicyclic) bond motifs is 3. The Bertz CT molecular complexity index is 1480. The Kier molecular flexibility index (Phi) is 6.66. The van der Waals surface area contributed by atoms with Crippen molar-refractivity contribution in [1.82, 2.24) is 19.8 Å². The maximum atomic E-state index is 13.2. The zero-order valence-electron chi connectivity index (χ0n) is 21.4. The maximum absolute atomic E-state index is 13.2. The minimum Gasteiger partial charge on any atom is -0.493 e. The van der Waals surface area contributed by atoms with Crippen molar-refractivity contribution in [2.75, 3.05) is 35.5 Å². The quantitative estimate of drug-likeness (QED) is 0.353. The fraction of sp³-hybridized carbons (Fsp3) is 0.333. The molecule has 0 amide bonds. The molecule has 0 radical (unpaired) electrons. The van der Waals surface area contributed by atoms with Crippen molar-refractivity contribution in [1.29, 1.82) is 0 Å². The van der Waals surface area contributed by atoms with E-state index >= 15 is 0 Å². The molecule has 10 heteroatoms. The van der Waals surface area contributed by atoms with Crippen LogP contribution in [-0.4, -0.2) is 61.1 Å². The lowest BCUT2D eigenvalue weighted by molar-refractivity contribution is 0.0955. The molecule has 0 fully saturated rings. The molecule has 1 aliphatic carbocycles. The van der Waals surface area contributed by atoms with E-state index in [1.165, 1.54) is 0 Å². The molecule has 1 aliphatic rings. The standard InChI is InChI=1S/C27H28N4O6/c1-33-14-18-25(16-7-9-22(35-3)24(13-16)37-5)27-29-28-26-19(31(27)30-18)10-17(11-20(26)32)15-6-8-21(34-2)23(12-15)36-4/h6-9,12-13,17H,10-11,14H2,1-5H3. The van der Waals surface area contributed by atoms with E-state index in [0.29, 0.717) is 58.6 Å². The molecule has 0 N–H and O–H groups in total. The van der Waals surface area contributed by atoms with Crippen molar-refractivity contribution in [3.8, 4) is 34.1 Å². The molecule has 1 atom stereocenters. The topological polar surface area (TPSA) is 106 Å². The molecule has 0 saturated heterocycles. The predicted molar refractivity (Wildman–Crippen MR) is 135 cm³/mol. The first-order valence-corrected chi connectivity index (χ1v) is 11.8. The number of benzene rings is 2. The van der Waals surface area contributed by atoms with Gasteiger partial charge in [-0.05, 0) is 47.7 Å². The van der Waals surface area contributed by atoms with E-state index in [2.05, 4.69) is 10.2 Å². The summed E-state index contributed by atoms with van der Waals surface area (Å²) in [6.45, 7) is 0.259. The summed E-state index contributed by atoms with van der Waals surface area (Å²) in [7, 11) is 7.98. The second kappa shape index (κ2) is 10.1. The summed E-state index contributed by atoms with van der Waals surface area (Å²) in [5.74, 6) is 2.30. The summed E-state index contributed by atoms with van der Waals surface area (Å²) < 4.78 is 28.9. The van der Waals surface area contributed by atoms with Gasteiger partial charge in [0.2, 0.25) is 0 Å². The third kappa shape index (κ3) is 4.23. The predicted octanol–water partition coefficient (Wildman–Crippen LogP) is 3.88. The first-order chi connectivity index (χ1) is 18.0. The van der Waals surface area contributed by atoms with Crippen molar-refractivity contribution in [2.45, 2.75) is 25.4 Å². The molecular weight excluding hydrogens is 476 g/mol. The van der Waals surface area contributed by atoms with Crippen LogP contribution in [-0.2, 0) is 17.8 Å². The zero-order chi connectivity index (χ0) is 26.1. The zero-order valence-corrected chi connectivity index (χ0v) is 21.4. The Morgan fingerprint density at radius 1 is 0.838 bits per heavy atom. The van der Waals surface area contributed by atoms with Gasteiger partial charge in [0.1, 0.15) is 0 Å². The Balaban J connectivity index is 1.64. The van der Waals surface area contributed by atoms with Gasteiger partial charge in [-0.2, -0.15) is 5.10 Å². The van der Waals surface area contributed by atoms with Crippen molar-refractivity contribution in [3.63, 3.8) is 0 Å². The highest BCUT2D eigenvalue weighted by Crippen LogP contribution is 2.39. The van der Waals surface area contributed by atoms with Crippen LogP contribution in [0.4, 0.5) is 0 Å². The van der Waals surface area contributed by atoms with E-state index in [1.54, 1.807) is 40.1 Å². The Hall–Kier alpha value is -4.18. The Labute approximate surface area is 214 Å². The number of rotatable bonds is 8. The third-order valence-electron chi connectivity index (χ3n) is 6.68. The number of methoxy groups -OCH3 is 5. The van der Waals surface area contributed by atoms with Crippen LogP contribution in [0.25, 0.3) is 16.8 Å². The number of Topliss-reactive ketones (excluding diaryl/α,β-unsaturated/α-hetero) is 1. The highest BCUT2D eigenvalue weighted by molar-refractivity contribution is 5.97. The van der Waals surface area contributed by atoms with Gasteiger partial charge in [-0.1, -0.05) is 12.1 Å². The SMILES string of the molecule is COCc1nn2c3c(nnc2c1-c1ccc(OC)c(OC)c1)C(=O)CC(c1ccc(OC)c(OC)c1)C3. The van der Waals surface area contributed by atoms with Crippen molar-refractivity contribution in [3.05, 3.63) is 59.0 Å². The molecule has 2 aromatic carbocycles. The summed E-state index contributed by atoms with van der Waals surface area (Å²) in [4.78, 5) is 13.2. The minimum absolute atomic E-state index is 0.0770. The number of aromatic nitrogens is 4. The third-order valence-corrected chi connectivity index (χ3v) is 6.68. The Morgan fingerprint density at radius 3 is 2.19 bits per heavy atom. The number of hydrogen-bond acceptors (Lipinski definition) is 9. The van der Waals surface area contributed by atoms with Gasteiger partial charge in [-0.3, -0.25) is 4.79 Å². The Morgan fingerprint density at radius 2 is 1.51 bits per heavy atom. The molecule has 0 bridgehead atoms. The molecule has 192 valence electrons. The molecular formula is C27H28N4O6. The number of carbonyl (C=O) groups excluding carboxylic acids is 1. The van der Waals surface area contributed by atoms with E-state index in [4.69, 9.17) is 28.8 Å². The number of ether oxygens (including phenoxy) is 5. The van der Waals surface area contributed by atoms with Gasteiger partial charge in [-0.25, -0.2) is 4.52 Å². The first-order valence-electron chi connectivity index (χ1n) is 11.8. The lowest BCUT2D eigenvalue weighted by Crippen LogP contribution is -2.24. The van der Waals surface area contributed by atoms with Crippen LogP contribution in [0.15, 0.2) is 36.4 Å². The highest BCUT2D eigenvalue weighted by atomic mass is 16.5. The molecule has 1 unspecified atom stereocenters. The lowest BCUT2D eigenvalue weighted by Gasteiger charge is -2.24. The van der Waals surface area contributed by atoms with Gasteiger partial charge in [0.25, 0.3) is 0 Å². The van der Waals surface area contributed by atoms with Crippen LogP contribution in [0.5, 0.6) is 23.0 Å². The summed E-state index contributed by atoms with van der Waals surface area (Å²) in [5.41, 5.74) is 4.84. The van der Waals surface area contributed by atoms with E-state index < -0.39 is 0 Å². The lowest BCUT2D eigenvalue weighted by atomic mass is 9.83. The van der Waals surface area contributed by atoms with E-state index in [9.17, 15) is 4.79 Å². The van der Waals surface area contributed by atoms with E-state index in [0.717, 1.165) is 16.7 Å². The molecule has 10 nitrogen and oxygen atoms in total. The normalized spacial score (nSPS) is 14.9. The fourth-order valence-electron chi connectivity index (χ4n) is 4.88. The monoisotopic (exact) mass is 504 g/mol. The fourth-order valence-corrected chi connectivity index (χ4v) is 4.88. The second-order valence-electron chi connectivity index (χ2n) is 8.70. The summed E-state index contributed by atoms with van der Waals surface area (Å²) in [6.07, 6.45) is 0.874. The first kappa shape index (κ1) is 24.5. The van der Waals surface area contributed by atoms with Crippen LogP contribution in [0.3, 0.4) is 0 Å². The van der Waals surface area contributed by atoms with Crippen LogP contribution >= 0.6 is 0 Å². The summed E-state index contributed by atoms with van der Waals surface area (Å²) >= 11 is 0. The molecule has 0 saturated carbocycles. The van der Waals surface area contributed by atoms with Crippen molar-refractivity contribution >= 4 is 11.4 Å². The number of ketones is 1. The molecule has 37 heavy (non-hydrogen) atoms. The minimum atomic E-state index is -0.0770. The molecule has 4 aromatic rings. The maximum Gasteiger partial charge on any atom is 0.185 e. The average molecular weight is 505 g/mol. The van der Waals surface area contributed by atoms with Gasteiger partial charge < -0.3 is 23.7 Å². The van der Waals surface area contributed by atoms with Crippen LogP contribution < -0.4 is 18.9 Å². The second-order valence-corrected chi connectivity index (χ2v) is 8.70. The summed E-state index contributed by atoms with van der Waals surface area (Å²) in [6, 6.07) is 11.3. The summed E-state index contributed by atoms with van der Waals surface area (Å²) in [5, 5.41) is 13.6. The highest BCUT2D eigenvalue weighted by Gasteiger charge is 2.32. The van der Waals surface area contributed by atoms with Gasteiger partial charge in [0.05, 0.1) is 52.0 Å². The smallest absolute Gasteiger partial charge is 0.185 e. The van der Waals surface area contributed by atoms with Gasteiger partial charge in [0.15, 0.2) is 40.1 Å². The van der Waals surface area contributed by atoms with E-state index in [1.807, 2.05) is 36.4 Å². The molecule has 0 aliphatic heterocycles. The number of nitrogens with zero attached hydrogens (tertiary/aromatic N) is 4. The van der Waals surface area contributed by atoms with E-state index in [-0.39, 0.29) is 18.3 Å². The van der Waals surface area contributed by atoms with Crippen LogP contribution in [0.2, 0.25) is 0 Å². The van der Waals surface area contributed by atoms with Gasteiger partial charge in [-0.15, -0.1) is 10.2 Å². The molecule has 0 spiro atoms. The van der Waals surface area contributed by atoms with Crippen molar-refractivity contribution < 1.29 is 28.5 Å². The van der Waals surface area contributed by atoms with Crippen LogP contribution in [0.1, 0.15) is 39.8 Å². The van der Waals surface area contributed by atoms with Gasteiger partial charge in [0, 0.05) is 13.5 Å². The average Bonchev–Trinajstić information content (AvgIpc) is 3.30. The number of carbonyl (C=O) groups is 1. The molecule has 2 aromatic heterocycles. The van der Waals surface area contributed by atoms with Gasteiger partial charge >= 0.3 is 0 Å². The number of hydrogen-bond donors (Lipinski definition) is 0. The van der Waals surface area contributed by atoms with Crippen molar-refractivity contribution in [2.24, 2.45) is 0 Å². The molecule has 5 rings (SSSR count). The molecule has 2 heterocycles.